The van der Waals surface area contributed by atoms with Crippen molar-refractivity contribution in [2.75, 3.05) is 13.1 Å². The first kappa shape index (κ1) is 16.2. The minimum atomic E-state index is -0.654. The van der Waals surface area contributed by atoms with Gasteiger partial charge in [-0.3, -0.25) is 4.79 Å². The van der Waals surface area contributed by atoms with Gasteiger partial charge in [0.1, 0.15) is 23.3 Å². The molecule has 0 aliphatic carbocycles. The van der Waals surface area contributed by atoms with Gasteiger partial charge in [0.15, 0.2) is 0 Å². The number of aliphatic hydroxyl groups is 1. The molecule has 1 aliphatic rings. The third-order valence-corrected chi connectivity index (χ3v) is 4.52. The molecular formula is C18H18FN3O2. The summed E-state index contributed by atoms with van der Waals surface area (Å²) in [6.45, 7) is 1.09. The number of aromatic nitrogens is 1. The Morgan fingerprint density at radius 2 is 1.92 bits per heavy atom. The molecule has 24 heavy (non-hydrogen) atoms. The lowest BCUT2D eigenvalue weighted by Crippen LogP contribution is -2.39. The van der Waals surface area contributed by atoms with Crippen LogP contribution in [-0.2, 0) is 0 Å². The Hall–Kier alpha value is -2.65. The minimum absolute atomic E-state index is 0.0397. The van der Waals surface area contributed by atoms with Crippen LogP contribution in [-0.4, -0.2) is 34.0 Å². The van der Waals surface area contributed by atoms with E-state index in [1.165, 1.54) is 12.1 Å². The summed E-state index contributed by atoms with van der Waals surface area (Å²) in [5.74, 6) is -0.418. The maximum absolute atomic E-state index is 13.0. The topological polar surface area (TPSA) is 80.1 Å². The Kier molecular flexibility index (Phi) is 4.63. The monoisotopic (exact) mass is 327 g/mol. The highest BCUT2D eigenvalue weighted by Crippen LogP contribution is 2.31. The first-order chi connectivity index (χ1) is 11.6. The summed E-state index contributed by atoms with van der Waals surface area (Å²) in [7, 11) is 0. The van der Waals surface area contributed by atoms with Crippen LogP contribution in [0.15, 0.2) is 36.4 Å². The van der Waals surface area contributed by atoms with E-state index >= 15 is 0 Å². The van der Waals surface area contributed by atoms with Crippen molar-refractivity contribution in [1.29, 1.82) is 5.26 Å². The number of nitriles is 1. The average Bonchev–Trinajstić information content (AvgIpc) is 3.10. The van der Waals surface area contributed by atoms with Gasteiger partial charge < -0.3 is 15.0 Å². The molecule has 1 amide bonds. The van der Waals surface area contributed by atoms with Crippen LogP contribution < -0.4 is 0 Å². The van der Waals surface area contributed by atoms with Gasteiger partial charge >= 0.3 is 0 Å². The van der Waals surface area contributed by atoms with Gasteiger partial charge in [0.05, 0.1) is 6.10 Å². The van der Waals surface area contributed by atoms with E-state index in [4.69, 9.17) is 5.26 Å². The molecule has 124 valence electrons. The summed E-state index contributed by atoms with van der Waals surface area (Å²) in [4.78, 5) is 16.9. The number of nitrogens with zero attached hydrogens (tertiary/aromatic N) is 2. The number of nitrogens with one attached hydrogen (secondary N) is 1. The Morgan fingerprint density at radius 1 is 1.25 bits per heavy atom. The second-order valence-corrected chi connectivity index (χ2v) is 6.02. The van der Waals surface area contributed by atoms with Crippen molar-refractivity contribution in [2.24, 2.45) is 5.92 Å². The summed E-state index contributed by atoms with van der Waals surface area (Å²) >= 11 is 0. The first-order valence-electron chi connectivity index (χ1n) is 7.90. The molecule has 5 nitrogen and oxygen atoms in total. The molecule has 1 aliphatic heterocycles. The highest BCUT2D eigenvalue weighted by Gasteiger charge is 2.29. The Bertz CT molecular complexity index is 755. The Balaban J connectivity index is 1.60. The Labute approximate surface area is 139 Å². The number of aromatic amines is 1. The quantitative estimate of drug-likeness (QED) is 0.909. The molecule has 2 aromatic rings. The van der Waals surface area contributed by atoms with Crippen LogP contribution in [0, 0.1) is 23.1 Å². The molecule has 2 heterocycles. The zero-order valence-corrected chi connectivity index (χ0v) is 13.1. The van der Waals surface area contributed by atoms with Crippen LogP contribution in [0.5, 0.6) is 0 Å². The second kappa shape index (κ2) is 6.85. The number of hydrogen-bond acceptors (Lipinski definition) is 3. The minimum Gasteiger partial charge on any atom is -0.388 e. The molecule has 2 N–H and O–H groups in total. The van der Waals surface area contributed by atoms with Gasteiger partial charge in [0.2, 0.25) is 0 Å². The van der Waals surface area contributed by atoms with E-state index in [1.54, 1.807) is 29.2 Å². The molecular weight excluding hydrogens is 309 g/mol. The molecule has 0 saturated carbocycles. The van der Waals surface area contributed by atoms with Crippen LogP contribution >= 0.6 is 0 Å². The van der Waals surface area contributed by atoms with Crippen LogP contribution in [0.4, 0.5) is 4.39 Å². The number of benzene rings is 1. The number of aliphatic hydroxyl groups excluding tert-OH is 1. The number of amides is 1. The lowest BCUT2D eigenvalue weighted by atomic mass is 9.87. The van der Waals surface area contributed by atoms with Gasteiger partial charge in [-0.05, 0) is 48.6 Å². The molecule has 0 spiro atoms. The standard InChI is InChI=1S/C18H18FN3O2/c19-14-3-1-12(2-4-14)17(23)13-7-9-22(10-8-13)18(24)16-6-5-15(11-20)21-16/h1-6,13,17,21,23H,7-10H2. The number of rotatable bonds is 3. The zero-order valence-electron chi connectivity index (χ0n) is 13.1. The molecule has 1 saturated heterocycles. The predicted molar refractivity (Wildman–Crippen MR) is 85.5 cm³/mol. The summed E-state index contributed by atoms with van der Waals surface area (Å²) in [5, 5.41) is 19.3. The van der Waals surface area contributed by atoms with E-state index in [2.05, 4.69) is 4.98 Å². The summed E-state index contributed by atoms with van der Waals surface area (Å²) < 4.78 is 13.0. The first-order valence-corrected chi connectivity index (χ1v) is 7.90. The number of piperidine rings is 1. The van der Waals surface area contributed by atoms with Gasteiger partial charge in [-0.15, -0.1) is 0 Å². The van der Waals surface area contributed by atoms with E-state index in [1.807, 2.05) is 6.07 Å². The van der Waals surface area contributed by atoms with E-state index in [0.29, 0.717) is 42.9 Å². The summed E-state index contributed by atoms with van der Waals surface area (Å²) in [6.07, 6.45) is 0.699. The molecule has 1 aromatic heterocycles. The van der Waals surface area contributed by atoms with Crippen molar-refractivity contribution in [3.8, 4) is 6.07 Å². The Morgan fingerprint density at radius 3 is 2.50 bits per heavy atom. The van der Waals surface area contributed by atoms with Crippen LogP contribution in [0.2, 0.25) is 0 Å². The zero-order chi connectivity index (χ0) is 17.1. The molecule has 0 bridgehead atoms. The van der Waals surface area contributed by atoms with Crippen molar-refractivity contribution in [3.63, 3.8) is 0 Å². The fraction of sp³-hybridized carbons (Fsp3) is 0.333. The molecule has 1 fully saturated rings. The normalized spacial score (nSPS) is 16.6. The fourth-order valence-electron chi connectivity index (χ4n) is 3.11. The largest absolute Gasteiger partial charge is 0.388 e. The number of H-pyrrole nitrogens is 1. The molecule has 1 aromatic carbocycles. The lowest BCUT2D eigenvalue weighted by Gasteiger charge is -2.34. The number of carbonyl (C=O) groups is 1. The van der Waals surface area contributed by atoms with Crippen molar-refractivity contribution in [1.82, 2.24) is 9.88 Å². The lowest BCUT2D eigenvalue weighted by molar-refractivity contribution is 0.0459. The summed E-state index contributed by atoms with van der Waals surface area (Å²) in [6, 6.07) is 11.0. The number of halogens is 1. The second-order valence-electron chi connectivity index (χ2n) is 6.02. The molecule has 6 heteroatoms. The van der Waals surface area contributed by atoms with E-state index in [0.717, 1.165) is 0 Å². The average molecular weight is 327 g/mol. The van der Waals surface area contributed by atoms with Crippen LogP contribution in [0.1, 0.15) is 40.7 Å². The van der Waals surface area contributed by atoms with Gasteiger partial charge in [0.25, 0.3) is 5.91 Å². The van der Waals surface area contributed by atoms with Gasteiger partial charge in [-0.2, -0.15) is 5.26 Å². The number of hydrogen-bond donors (Lipinski definition) is 2. The predicted octanol–water partition coefficient (Wildman–Crippen LogP) is 2.61. The van der Waals surface area contributed by atoms with Crippen molar-refractivity contribution in [2.45, 2.75) is 18.9 Å². The SMILES string of the molecule is N#Cc1ccc(C(=O)N2CCC(C(O)c3ccc(F)cc3)CC2)[nH]1. The summed E-state index contributed by atoms with van der Waals surface area (Å²) in [5.41, 5.74) is 1.47. The van der Waals surface area contributed by atoms with Gasteiger partial charge in [0, 0.05) is 13.1 Å². The number of carbonyl (C=O) groups excluding carboxylic acids is 1. The van der Waals surface area contributed by atoms with Crippen molar-refractivity contribution in [3.05, 3.63) is 59.2 Å². The van der Waals surface area contributed by atoms with E-state index in [9.17, 15) is 14.3 Å². The van der Waals surface area contributed by atoms with Crippen molar-refractivity contribution < 1.29 is 14.3 Å². The molecule has 1 atom stereocenters. The third-order valence-electron chi connectivity index (χ3n) is 4.52. The fourth-order valence-corrected chi connectivity index (χ4v) is 3.11. The van der Waals surface area contributed by atoms with E-state index in [-0.39, 0.29) is 17.6 Å². The van der Waals surface area contributed by atoms with Crippen LogP contribution in [0.3, 0.4) is 0 Å². The highest BCUT2D eigenvalue weighted by atomic mass is 19.1. The smallest absolute Gasteiger partial charge is 0.270 e. The molecule has 1 unspecified atom stereocenters. The van der Waals surface area contributed by atoms with Gasteiger partial charge in [-0.25, -0.2) is 4.39 Å². The maximum Gasteiger partial charge on any atom is 0.270 e. The third kappa shape index (κ3) is 3.31. The maximum atomic E-state index is 13.0. The van der Waals surface area contributed by atoms with E-state index < -0.39 is 6.10 Å². The molecule has 3 rings (SSSR count). The van der Waals surface area contributed by atoms with Gasteiger partial charge in [-0.1, -0.05) is 12.1 Å². The number of likely N-dealkylation sites (tertiary alicyclic amines) is 1. The molecule has 0 radical (unpaired) electrons. The highest BCUT2D eigenvalue weighted by molar-refractivity contribution is 5.92. The van der Waals surface area contributed by atoms with Crippen LogP contribution in [0.25, 0.3) is 0 Å². The van der Waals surface area contributed by atoms with Crippen molar-refractivity contribution >= 4 is 5.91 Å².